The number of hydrogen-bond acceptors (Lipinski definition) is 1. The average molecular weight is 619 g/mol. The normalized spacial score (nSPS) is 11.8. The van der Waals surface area contributed by atoms with E-state index in [1.54, 1.807) is 0 Å². The minimum Gasteiger partial charge on any atom is -0.488 e. The topological polar surface area (TPSA) is 9.23 Å². The lowest BCUT2D eigenvalue weighted by atomic mass is 10.1. The van der Waals surface area contributed by atoms with Crippen molar-refractivity contribution in [2.45, 2.75) is 169 Å². The first-order chi connectivity index (χ1) is 21.3. The molecule has 0 aliphatic heterocycles. The number of likely N-dealkylation sites (N-methyl/N-ethyl adjacent to an activating group) is 1. The maximum Gasteiger partial charge on any atom is 0.137 e. The second-order valence-corrected chi connectivity index (χ2v) is 14.7. The van der Waals surface area contributed by atoms with Crippen molar-refractivity contribution >= 4 is 0 Å². The second kappa shape index (κ2) is 30.6. The summed E-state index contributed by atoms with van der Waals surface area (Å²) in [5, 5.41) is 0. The molecule has 1 aromatic rings. The predicted molar refractivity (Wildman–Crippen MR) is 199 cm³/mol. The van der Waals surface area contributed by atoms with E-state index in [4.69, 9.17) is 4.74 Å². The van der Waals surface area contributed by atoms with Gasteiger partial charge in [0.25, 0.3) is 0 Å². The summed E-state index contributed by atoms with van der Waals surface area (Å²) in [5.74, 6) is 0.983. The van der Waals surface area contributed by atoms with Crippen molar-refractivity contribution in [2.75, 3.05) is 60.5 Å². The summed E-state index contributed by atoms with van der Waals surface area (Å²) in [7, 11) is 7.16. The first kappa shape index (κ1) is 42.9. The van der Waals surface area contributed by atoms with Gasteiger partial charge in [-0.25, -0.2) is 0 Å². The molecular weight excluding hydrogens is 536 g/mol. The number of hydrogen-bond donors (Lipinski definition) is 0. The Balaban J connectivity index is 0.000000856. The lowest BCUT2D eigenvalue weighted by molar-refractivity contribution is -0.910. The van der Waals surface area contributed by atoms with E-state index in [1.165, 1.54) is 172 Å². The number of unbranched alkanes of at least 4 members (excludes halogenated alkanes) is 18. The van der Waals surface area contributed by atoms with Gasteiger partial charge in [0.05, 0.1) is 47.3 Å². The zero-order valence-electron chi connectivity index (χ0n) is 31.5. The Labute approximate surface area is 278 Å². The fourth-order valence-electron chi connectivity index (χ4n) is 6.16. The molecule has 260 valence electrons. The zero-order chi connectivity index (χ0) is 32.6. The van der Waals surface area contributed by atoms with E-state index in [9.17, 15) is 0 Å². The van der Waals surface area contributed by atoms with E-state index < -0.39 is 0 Å². The summed E-state index contributed by atoms with van der Waals surface area (Å²) in [5.41, 5.74) is 0. The van der Waals surface area contributed by atoms with E-state index >= 15 is 0 Å². The summed E-state index contributed by atoms with van der Waals surface area (Å²) in [6, 6.07) is 10.1. The van der Waals surface area contributed by atoms with Gasteiger partial charge in [0.15, 0.2) is 0 Å². The molecule has 3 heteroatoms. The summed E-state index contributed by atoms with van der Waals surface area (Å²) in [6.07, 6.45) is 31.1. The minimum atomic E-state index is 0.800. The Bertz CT molecular complexity index is 658. The Hall–Kier alpha value is -1.06. The van der Waals surface area contributed by atoms with Crippen molar-refractivity contribution in [1.82, 2.24) is 0 Å². The van der Waals surface area contributed by atoms with Gasteiger partial charge in [-0.1, -0.05) is 136 Å². The van der Waals surface area contributed by atoms with Gasteiger partial charge in [-0.05, 0) is 63.5 Å². The van der Waals surface area contributed by atoms with Crippen LogP contribution in [0.2, 0.25) is 0 Å². The van der Waals surface area contributed by atoms with Crippen molar-refractivity contribution < 1.29 is 13.7 Å². The Morgan fingerprint density at radius 1 is 0.409 bits per heavy atom. The average Bonchev–Trinajstić information content (AvgIpc) is 3.02. The highest BCUT2D eigenvalue weighted by atomic mass is 16.5. The van der Waals surface area contributed by atoms with Crippen molar-refractivity contribution in [3.05, 3.63) is 30.3 Å². The molecule has 44 heavy (non-hydrogen) atoms. The number of quaternary nitrogens is 2. The number of benzene rings is 1. The molecule has 0 aliphatic carbocycles. The SMILES string of the molecule is CCCCCCCCCCCC[N+](C)(C)CCOc1ccccc1.CCCCCC[N+](C)(CCCCCC)CCCCCC. The van der Waals surface area contributed by atoms with Crippen LogP contribution in [0.5, 0.6) is 5.75 Å². The molecule has 0 unspecified atom stereocenters. The van der Waals surface area contributed by atoms with Crippen LogP contribution in [-0.4, -0.2) is 69.4 Å². The van der Waals surface area contributed by atoms with Crippen LogP contribution < -0.4 is 4.74 Å². The van der Waals surface area contributed by atoms with Crippen LogP contribution in [0.4, 0.5) is 0 Å². The van der Waals surface area contributed by atoms with E-state index in [0.717, 1.165) is 23.4 Å². The maximum absolute atomic E-state index is 5.83. The molecule has 0 aliphatic rings. The molecule has 0 heterocycles. The molecule has 0 amide bonds. The standard InChI is InChI=1S/C22H40NO.C19H42N/c1-4-5-6-7-8-9-10-11-12-16-19-23(2,3)20-21-24-22-17-14-13-15-18-22;1-5-8-11-14-17-20(4,18-15-12-9-6-2)19-16-13-10-7-3/h13-15,17-18H,4-12,16,19-21H2,1-3H3;5-19H2,1-4H3/q2*+1. The Kier molecular flexibility index (Phi) is 29.8. The van der Waals surface area contributed by atoms with Gasteiger partial charge in [-0.15, -0.1) is 0 Å². The molecular formula is C41H82N2O+2. The van der Waals surface area contributed by atoms with Gasteiger partial charge in [-0.2, -0.15) is 0 Å². The second-order valence-electron chi connectivity index (χ2n) is 14.7. The highest BCUT2D eigenvalue weighted by molar-refractivity contribution is 5.20. The fraction of sp³-hybridized carbons (Fsp3) is 0.854. The smallest absolute Gasteiger partial charge is 0.137 e. The number of para-hydroxylation sites is 1. The number of nitrogens with zero attached hydrogens (tertiary/aromatic N) is 2. The van der Waals surface area contributed by atoms with E-state index in [0.29, 0.717) is 0 Å². The largest absolute Gasteiger partial charge is 0.488 e. The molecule has 0 bridgehead atoms. The van der Waals surface area contributed by atoms with Crippen molar-refractivity contribution in [3.63, 3.8) is 0 Å². The third-order valence-electron chi connectivity index (χ3n) is 9.48. The third kappa shape index (κ3) is 28.4. The zero-order valence-corrected chi connectivity index (χ0v) is 31.5. The number of ether oxygens (including phenoxy) is 1. The molecule has 0 aromatic heterocycles. The Morgan fingerprint density at radius 3 is 1.16 bits per heavy atom. The minimum absolute atomic E-state index is 0.800. The Morgan fingerprint density at radius 2 is 0.750 bits per heavy atom. The molecule has 0 N–H and O–H groups in total. The third-order valence-corrected chi connectivity index (χ3v) is 9.48. The van der Waals surface area contributed by atoms with Crippen molar-refractivity contribution in [3.8, 4) is 5.75 Å². The quantitative estimate of drug-likeness (QED) is 0.0615. The predicted octanol–water partition coefficient (Wildman–Crippen LogP) is 12.2. The number of rotatable bonds is 30. The monoisotopic (exact) mass is 619 g/mol. The van der Waals surface area contributed by atoms with Crippen LogP contribution >= 0.6 is 0 Å². The van der Waals surface area contributed by atoms with Crippen LogP contribution in [0.25, 0.3) is 0 Å². The highest BCUT2D eigenvalue weighted by Crippen LogP contribution is 2.15. The van der Waals surface area contributed by atoms with Gasteiger partial charge in [0, 0.05) is 0 Å². The molecule has 1 rings (SSSR count). The molecule has 0 spiro atoms. The molecule has 0 saturated heterocycles. The van der Waals surface area contributed by atoms with Crippen LogP contribution in [0.1, 0.15) is 169 Å². The lowest BCUT2D eigenvalue weighted by Crippen LogP contribution is -2.46. The molecule has 0 saturated carbocycles. The van der Waals surface area contributed by atoms with Gasteiger partial charge >= 0.3 is 0 Å². The van der Waals surface area contributed by atoms with Crippen LogP contribution in [0.15, 0.2) is 30.3 Å². The molecule has 0 radical (unpaired) electrons. The van der Waals surface area contributed by atoms with Gasteiger partial charge in [0.2, 0.25) is 0 Å². The summed E-state index contributed by atoms with van der Waals surface area (Å²) in [6.45, 7) is 16.6. The first-order valence-electron chi connectivity index (χ1n) is 19.7. The first-order valence-corrected chi connectivity index (χ1v) is 19.7. The molecule has 0 fully saturated rings. The van der Waals surface area contributed by atoms with Crippen LogP contribution in [0.3, 0.4) is 0 Å². The van der Waals surface area contributed by atoms with E-state index in [2.05, 4.69) is 48.8 Å². The highest BCUT2D eigenvalue weighted by Gasteiger charge is 2.20. The summed E-state index contributed by atoms with van der Waals surface area (Å²) in [4.78, 5) is 0. The lowest BCUT2D eigenvalue weighted by Gasteiger charge is -2.35. The van der Waals surface area contributed by atoms with Gasteiger partial charge in [-0.3, -0.25) is 0 Å². The molecule has 0 atom stereocenters. The van der Waals surface area contributed by atoms with Crippen LogP contribution in [-0.2, 0) is 0 Å². The van der Waals surface area contributed by atoms with Crippen molar-refractivity contribution in [2.24, 2.45) is 0 Å². The summed E-state index contributed by atoms with van der Waals surface area (Å²) < 4.78 is 8.23. The van der Waals surface area contributed by atoms with Gasteiger partial charge < -0.3 is 13.7 Å². The van der Waals surface area contributed by atoms with Gasteiger partial charge in [0.1, 0.15) is 18.9 Å². The fourth-order valence-corrected chi connectivity index (χ4v) is 6.16. The van der Waals surface area contributed by atoms with E-state index in [-0.39, 0.29) is 0 Å². The molecule has 3 nitrogen and oxygen atoms in total. The van der Waals surface area contributed by atoms with Crippen molar-refractivity contribution in [1.29, 1.82) is 0 Å². The van der Waals surface area contributed by atoms with E-state index in [1.807, 2.05) is 30.3 Å². The maximum atomic E-state index is 5.83. The summed E-state index contributed by atoms with van der Waals surface area (Å²) >= 11 is 0. The van der Waals surface area contributed by atoms with Crippen LogP contribution in [0, 0.1) is 0 Å². The molecule has 1 aromatic carbocycles.